The number of nitrogens with zero attached hydrogens (tertiary/aromatic N) is 3. The maximum atomic E-state index is 14.3. The zero-order chi connectivity index (χ0) is 30.6. The van der Waals surface area contributed by atoms with Crippen LogP contribution < -0.4 is 15.0 Å². The van der Waals surface area contributed by atoms with E-state index in [9.17, 15) is 9.59 Å². The number of hydrogen-bond donors (Lipinski definition) is 1. The molecule has 0 saturated heterocycles. The molecule has 0 aliphatic heterocycles. The van der Waals surface area contributed by atoms with Crippen molar-refractivity contribution in [3.05, 3.63) is 66.0 Å². The summed E-state index contributed by atoms with van der Waals surface area (Å²) in [4.78, 5) is 28.1. The number of ether oxygens (including phenoxy) is 2. The van der Waals surface area contributed by atoms with Gasteiger partial charge in [-0.2, -0.15) is 5.10 Å². The van der Waals surface area contributed by atoms with Crippen molar-refractivity contribution in [2.45, 2.75) is 89.2 Å². The van der Waals surface area contributed by atoms with Crippen molar-refractivity contribution in [3.63, 3.8) is 0 Å². The first kappa shape index (κ1) is 30.2. The number of aryl methyl sites for hydroxylation is 1. The summed E-state index contributed by atoms with van der Waals surface area (Å²) in [7, 11) is 3.30. The third-order valence-electron chi connectivity index (χ3n) is 9.96. The third-order valence-corrected chi connectivity index (χ3v) is 9.96. The molecule has 1 N–H and O–H groups in total. The number of anilines is 1. The second-order valence-electron chi connectivity index (χ2n) is 13.0. The highest BCUT2D eigenvalue weighted by Gasteiger charge is 2.34. The first-order chi connectivity index (χ1) is 21.4. The molecule has 3 aliphatic carbocycles. The Morgan fingerprint density at radius 3 is 2.41 bits per heavy atom. The van der Waals surface area contributed by atoms with Gasteiger partial charge in [-0.1, -0.05) is 24.3 Å². The van der Waals surface area contributed by atoms with Crippen LogP contribution in [0, 0.1) is 18.8 Å². The molecular formula is C36H46N4O4. The quantitative estimate of drug-likeness (QED) is 0.277. The van der Waals surface area contributed by atoms with Crippen LogP contribution >= 0.6 is 0 Å². The van der Waals surface area contributed by atoms with Gasteiger partial charge in [-0.3, -0.25) is 9.48 Å². The van der Waals surface area contributed by atoms with E-state index in [0.29, 0.717) is 30.7 Å². The van der Waals surface area contributed by atoms with Crippen LogP contribution in [0.2, 0.25) is 0 Å². The highest BCUT2D eigenvalue weighted by atomic mass is 16.6. The molecule has 0 radical (unpaired) electrons. The number of rotatable bonds is 9. The molecule has 8 heteroatoms. The van der Waals surface area contributed by atoms with Gasteiger partial charge in [-0.25, -0.2) is 4.79 Å². The van der Waals surface area contributed by atoms with Crippen molar-refractivity contribution < 1.29 is 19.1 Å². The topological polar surface area (TPSA) is 85.7 Å². The number of nitrogens with one attached hydrogen (secondary N) is 1. The van der Waals surface area contributed by atoms with E-state index in [4.69, 9.17) is 9.47 Å². The molecule has 3 saturated carbocycles. The average molecular weight is 599 g/mol. The number of aromatic nitrogens is 2. The summed E-state index contributed by atoms with van der Waals surface area (Å²) in [6.45, 7) is 2.84. The SMILES string of the molecule is CNC(=O)OC1CCC(C(=O)N(CC2CCC(c3ccc(OC)c(C)c3)CC2)c2cccc(-c3cnn(C4CC4)c3)c2)CC1. The molecule has 1 aromatic heterocycles. The van der Waals surface area contributed by atoms with E-state index in [1.165, 1.54) is 24.0 Å². The number of carbonyl (C=O) groups is 2. The van der Waals surface area contributed by atoms with E-state index in [0.717, 1.165) is 67.6 Å². The van der Waals surface area contributed by atoms with E-state index in [1.807, 2.05) is 6.20 Å². The summed E-state index contributed by atoms with van der Waals surface area (Å²) in [6, 6.07) is 15.5. The molecule has 234 valence electrons. The zero-order valence-corrected chi connectivity index (χ0v) is 26.3. The van der Waals surface area contributed by atoms with Gasteiger partial charge in [0.05, 0.1) is 19.3 Å². The number of amides is 2. The Morgan fingerprint density at radius 1 is 0.955 bits per heavy atom. The van der Waals surface area contributed by atoms with Crippen LogP contribution in [0.3, 0.4) is 0 Å². The Morgan fingerprint density at radius 2 is 1.73 bits per heavy atom. The Bertz CT molecular complexity index is 1450. The first-order valence-corrected chi connectivity index (χ1v) is 16.4. The fraction of sp³-hybridized carbons (Fsp3) is 0.528. The number of benzene rings is 2. The maximum Gasteiger partial charge on any atom is 0.407 e. The second-order valence-corrected chi connectivity index (χ2v) is 13.0. The molecule has 2 amide bonds. The van der Waals surface area contributed by atoms with Crippen LogP contribution in [0.1, 0.15) is 87.3 Å². The zero-order valence-electron chi connectivity index (χ0n) is 26.3. The van der Waals surface area contributed by atoms with E-state index >= 15 is 0 Å². The van der Waals surface area contributed by atoms with Crippen molar-refractivity contribution in [2.24, 2.45) is 11.8 Å². The summed E-state index contributed by atoms with van der Waals surface area (Å²) in [5, 5.41) is 7.14. The second kappa shape index (κ2) is 13.4. The molecule has 1 heterocycles. The summed E-state index contributed by atoms with van der Waals surface area (Å²) in [5.74, 6) is 2.06. The Labute approximate surface area is 261 Å². The number of methoxy groups -OCH3 is 1. The van der Waals surface area contributed by atoms with Crippen LogP contribution in [0.15, 0.2) is 54.9 Å². The monoisotopic (exact) mass is 598 g/mol. The number of hydrogen-bond acceptors (Lipinski definition) is 5. The molecule has 3 aliphatic rings. The van der Waals surface area contributed by atoms with Crippen LogP contribution in [-0.4, -0.2) is 48.6 Å². The van der Waals surface area contributed by atoms with Gasteiger partial charge in [0, 0.05) is 37.0 Å². The Hall–Kier alpha value is -3.81. The molecule has 2 aromatic carbocycles. The highest BCUT2D eigenvalue weighted by Crippen LogP contribution is 2.40. The van der Waals surface area contributed by atoms with Crippen molar-refractivity contribution in [2.75, 3.05) is 25.6 Å². The summed E-state index contributed by atoms with van der Waals surface area (Å²) >= 11 is 0. The molecule has 0 atom stereocenters. The van der Waals surface area contributed by atoms with Gasteiger partial charge >= 0.3 is 6.09 Å². The maximum absolute atomic E-state index is 14.3. The normalized spacial score (nSPS) is 23.5. The highest BCUT2D eigenvalue weighted by molar-refractivity contribution is 5.95. The lowest BCUT2D eigenvalue weighted by Crippen LogP contribution is -2.42. The molecule has 3 fully saturated rings. The largest absolute Gasteiger partial charge is 0.496 e. The van der Waals surface area contributed by atoms with Crippen molar-refractivity contribution in [1.29, 1.82) is 0 Å². The minimum atomic E-state index is -0.399. The summed E-state index contributed by atoms with van der Waals surface area (Å²) in [5.41, 5.74) is 5.72. The Balaban J connectivity index is 1.17. The third kappa shape index (κ3) is 6.95. The molecule has 6 rings (SSSR count). The smallest absolute Gasteiger partial charge is 0.407 e. The van der Waals surface area contributed by atoms with Crippen LogP contribution in [0.4, 0.5) is 10.5 Å². The standard InChI is InChI=1S/C36H46N4O4/c1-24-19-29(13-18-34(24)43-3)26-9-7-25(8-10-26)22-39(35(41)27-11-16-33(17-12-27)44-36(42)37-2)32-6-4-5-28(20-32)30-21-38-40(23-30)31-14-15-31/h4-6,13,18-21,23,25-27,31,33H,7-12,14-17,22H2,1-3H3,(H,37,42). The van der Waals surface area contributed by atoms with Crippen molar-refractivity contribution in [1.82, 2.24) is 15.1 Å². The van der Waals surface area contributed by atoms with E-state index in [2.05, 4.69) is 75.6 Å². The van der Waals surface area contributed by atoms with Gasteiger partial charge in [0.15, 0.2) is 0 Å². The predicted octanol–water partition coefficient (Wildman–Crippen LogP) is 7.42. The van der Waals surface area contributed by atoms with Gasteiger partial charge in [0.25, 0.3) is 0 Å². The fourth-order valence-electron chi connectivity index (χ4n) is 7.15. The molecule has 3 aromatic rings. The summed E-state index contributed by atoms with van der Waals surface area (Å²) in [6.07, 6.45) is 13.3. The van der Waals surface area contributed by atoms with Gasteiger partial charge in [-0.15, -0.1) is 0 Å². The minimum Gasteiger partial charge on any atom is -0.496 e. The number of carbonyl (C=O) groups excluding carboxylic acids is 2. The van der Waals surface area contributed by atoms with E-state index in [-0.39, 0.29) is 17.9 Å². The molecular weight excluding hydrogens is 552 g/mol. The van der Waals surface area contributed by atoms with E-state index < -0.39 is 6.09 Å². The molecule has 0 bridgehead atoms. The van der Waals surface area contributed by atoms with E-state index in [1.54, 1.807) is 14.2 Å². The molecule has 44 heavy (non-hydrogen) atoms. The van der Waals surface area contributed by atoms with Gasteiger partial charge < -0.3 is 19.7 Å². The molecule has 8 nitrogen and oxygen atoms in total. The molecule has 0 unspecified atom stereocenters. The van der Waals surface area contributed by atoms with Gasteiger partial charge in [-0.05, 0) is 118 Å². The van der Waals surface area contributed by atoms with Crippen LogP contribution in [0.25, 0.3) is 11.1 Å². The lowest BCUT2D eigenvalue weighted by molar-refractivity contribution is -0.124. The average Bonchev–Trinajstić information content (AvgIpc) is 3.79. The molecule has 0 spiro atoms. The van der Waals surface area contributed by atoms with Crippen LogP contribution in [0.5, 0.6) is 5.75 Å². The predicted molar refractivity (Wildman–Crippen MR) is 172 cm³/mol. The lowest BCUT2D eigenvalue weighted by atomic mass is 9.78. The number of alkyl carbamates (subject to hydrolysis) is 1. The van der Waals surface area contributed by atoms with Gasteiger partial charge in [0.1, 0.15) is 11.9 Å². The Kier molecular flexibility index (Phi) is 9.24. The fourth-order valence-corrected chi connectivity index (χ4v) is 7.15. The lowest BCUT2D eigenvalue weighted by Gasteiger charge is -2.36. The first-order valence-electron chi connectivity index (χ1n) is 16.4. The summed E-state index contributed by atoms with van der Waals surface area (Å²) < 4.78 is 13.1. The van der Waals surface area contributed by atoms with Crippen molar-refractivity contribution >= 4 is 17.7 Å². The van der Waals surface area contributed by atoms with Gasteiger partial charge in [0.2, 0.25) is 5.91 Å². The van der Waals surface area contributed by atoms with Crippen LogP contribution in [-0.2, 0) is 9.53 Å². The van der Waals surface area contributed by atoms with Crippen molar-refractivity contribution in [3.8, 4) is 16.9 Å². The minimum absolute atomic E-state index is 0.0700.